The quantitative estimate of drug-likeness (QED) is 0.866. The first kappa shape index (κ1) is 17.0. The first-order valence-electron chi connectivity index (χ1n) is 8.39. The van der Waals surface area contributed by atoms with Crippen molar-refractivity contribution in [3.63, 3.8) is 0 Å². The zero-order valence-corrected chi connectivity index (χ0v) is 13.8. The average molecular weight is 340 g/mol. The molecule has 1 fully saturated rings. The van der Waals surface area contributed by atoms with Gasteiger partial charge in [-0.15, -0.1) is 0 Å². The lowest BCUT2D eigenvalue weighted by Gasteiger charge is -2.30. The molecule has 1 aromatic heterocycles. The lowest BCUT2D eigenvalue weighted by Crippen LogP contribution is -2.40. The van der Waals surface area contributed by atoms with Crippen LogP contribution in [0.3, 0.4) is 0 Å². The third kappa shape index (κ3) is 3.96. The van der Waals surface area contributed by atoms with Crippen molar-refractivity contribution in [2.45, 2.75) is 25.4 Å². The van der Waals surface area contributed by atoms with E-state index in [1.165, 1.54) is 12.3 Å². The first-order valence-corrected chi connectivity index (χ1v) is 8.39. The summed E-state index contributed by atoms with van der Waals surface area (Å²) in [6.45, 7) is 1.32. The topological polar surface area (TPSA) is 79.5 Å². The number of hydrogen-bond donors (Lipinski definition) is 1. The number of H-pyrrole nitrogens is 1. The number of hydrogen-bond acceptors (Lipinski definition) is 4. The molecule has 1 atom stereocenters. The number of carbonyl (C=O) groups is 2. The summed E-state index contributed by atoms with van der Waals surface area (Å²) in [5.41, 5.74) is -0.0570. The second-order valence-corrected chi connectivity index (χ2v) is 5.99. The van der Waals surface area contributed by atoms with Crippen LogP contribution in [0.25, 0.3) is 0 Å². The summed E-state index contributed by atoms with van der Waals surface area (Å²) in [7, 11) is 0. The number of nitrogens with one attached hydrogen (secondary N) is 1. The van der Waals surface area contributed by atoms with Crippen LogP contribution in [0.5, 0.6) is 0 Å². The Bertz CT molecular complexity index is 794. The maximum atomic E-state index is 12.9. The fraction of sp³-hybridized carbons (Fsp3) is 0.316. The number of likely N-dealkylation sites (tertiary alicyclic amines) is 1. The minimum Gasteiger partial charge on any atom is -0.444 e. The molecule has 2 heterocycles. The van der Waals surface area contributed by atoms with Gasteiger partial charge >= 0.3 is 5.97 Å². The van der Waals surface area contributed by atoms with Crippen molar-refractivity contribution in [3.05, 3.63) is 70.1 Å². The second-order valence-electron chi connectivity index (χ2n) is 5.99. The lowest BCUT2D eigenvalue weighted by atomic mass is 10.1. The Kier molecular flexibility index (Phi) is 5.28. The van der Waals surface area contributed by atoms with E-state index in [-0.39, 0.29) is 11.5 Å². The van der Waals surface area contributed by atoms with Crippen molar-refractivity contribution < 1.29 is 14.3 Å². The van der Waals surface area contributed by atoms with Crippen LogP contribution in [0.1, 0.15) is 41.3 Å². The number of pyridine rings is 1. The summed E-state index contributed by atoms with van der Waals surface area (Å²) in [5.74, 6) is -1.05. The Morgan fingerprint density at radius 2 is 1.72 bits per heavy atom. The third-order valence-corrected chi connectivity index (χ3v) is 4.26. The average Bonchev–Trinajstić information content (AvgIpc) is 2.67. The number of ether oxygens (including phenoxy) is 1. The summed E-state index contributed by atoms with van der Waals surface area (Å²) in [4.78, 5) is 41.3. The molecule has 25 heavy (non-hydrogen) atoms. The number of rotatable bonds is 4. The highest BCUT2D eigenvalue weighted by Gasteiger charge is 2.31. The summed E-state index contributed by atoms with van der Waals surface area (Å²) in [6.07, 6.45) is 3.37. The van der Waals surface area contributed by atoms with Gasteiger partial charge in [-0.1, -0.05) is 30.3 Å². The van der Waals surface area contributed by atoms with Crippen LogP contribution in [-0.2, 0) is 9.53 Å². The molecule has 6 heteroatoms. The number of aromatic amines is 1. The number of amides is 1. The van der Waals surface area contributed by atoms with Crippen LogP contribution in [0.15, 0.2) is 53.5 Å². The molecule has 1 aromatic carbocycles. The minimum atomic E-state index is -1.05. The molecule has 2 aromatic rings. The Morgan fingerprint density at radius 3 is 2.40 bits per heavy atom. The lowest BCUT2D eigenvalue weighted by molar-refractivity contribution is -0.142. The third-order valence-electron chi connectivity index (χ3n) is 4.26. The van der Waals surface area contributed by atoms with Crippen LogP contribution in [0.2, 0.25) is 0 Å². The standard InChI is InChI=1S/C19H20N2O4/c22-17-15(10-7-11-20-17)19(24)25-16(14-8-3-1-4-9-14)18(23)21-12-5-2-6-13-21/h1,3-4,7-11,16H,2,5-6,12-13H2,(H,20,22)/t16-/m0/s1. The van der Waals surface area contributed by atoms with Crippen LogP contribution >= 0.6 is 0 Å². The summed E-state index contributed by atoms with van der Waals surface area (Å²) in [5, 5.41) is 0. The SMILES string of the molecule is O=C(O[C@H](C(=O)N1CCCCC1)c1ccccc1)c1ccc[nH]c1=O. The van der Waals surface area contributed by atoms with Gasteiger partial charge in [0.2, 0.25) is 6.10 Å². The van der Waals surface area contributed by atoms with E-state index in [4.69, 9.17) is 4.74 Å². The molecule has 1 saturated heterocycles. The van der Waals surface area contributed by atoms with E-state index in [1.807, 2.05) is 6.07 Å². The van der Waals surface area contributed by atoms with Gasteiger partial charge in [0.15, 0.2) is 0 Å². The van der Waals surface area contributed by atoms with Crippen molar-refractivity contribution in [3.8, 4) is 0 Å². The van der Waals surface area contributed by atoms with E-state index in [0.29, 0.717) is 18.7 Å². The van der Waals surface area contributed by atoms with Gasteiger partial charge in [-0.25, -0.2) is 4.79 Å². The maximum Gasteiger partial charge on any atom is 0.344 e. The normalized spacial score (nSPS) is 15.4. The van der Waals surface area contributed by atoms with Crippen LogP contribution < -0.4 is 5.56 Å². The zero-order valence-electron chi connectivity index (χ0n) is 13.8. The van der Waals surface area contributed by atoms with Crippen molar-refractivity contribution in [1.82, 2.24) is 9.88 Å². The van der Waals surface area contributed by atoms with Crippen molar-refractivity contribution in [2.75, 3.05) is 13.1 Å². The molecule has 0 saturated carbocycles. The van der Waals surface area contributed by atoms with Gasteiger partial charge in [0.05, 0.1) is 0 Å². The molecule has 0 aliphatic carbocycles. The molecule has 0 spiro atoms. The monoisotopic (exact) mass is 340 g/mol. The van der Waals surface area contributed by atoms with Crippen molar-refractivity contribution in [2.24, 2.45) is 0 Å². The van der Waals surface area contributed by atoms with E-state index < -0.39 is 17.6 Å². The molecule has 1 aliphatic rings. The highest BCUT2D eigenvalue weighted by molar-refractivity contribution is 5.92. The molecule has 0 radical (unpaired) electrons. The smallest absolute Gasteiger partial charge is 0.344 e. The fourth-order valence-corrected chi connectivity index (χ4v) is 2.92. The Balaban J connectivity index is 1.86. The molecule has 6 nitrogen and oxygen atoms in total. The molecule has 1 N–H and O–H groups in total. The second kappa shape index (κ2) is 7.79. The van der Waals surface area contributed by atoms with E-state index in [9.17, 15) is 14.4 Å². The number of benzene rings is 1. The van der Waals surface area contributed by atoms with E-state index in [1.54, 1.807) is 35.2 Å². The largest absolute Gasteiger partial charge is 0.444 e. The number of piperidine rings is 1. The zero-order chi connectivity index (χ0) is 17.6. The number of aromatic nitrogens is 1. The van der Waals surface area contributed by atoms with Crippen LogP contribution in [0, 0.1) is 0 Å². The Morgan fingerprint density at radius 1 is 1.00 bits per heavy atom. The van der Waals surface area contributed by atoms with Gasteiger partial charge in [-0.05, 0) is 31.4 Å². The number of nitrogens with zero attached hydrogens (tertiary/aromatic N) is 1. The molecule has 0 unspecified atom stereocenters. The Labute approximate surface area is 145 Å². The molecule has 0 bridgehead atoms. The number of esters is 1. The number of carbonyl (C=O) groups excluding carboxylic acids is 2. The van der Waals surface area contributed by atoms with Gasteiger partial charge in [-0.3, -0.25) is 9.59 Å². The highest BCUT2D eigenvalue weighted by atomic mass is 16.5. The fourth-order valence-electron chi connectivity index (χ4n) is 2.92. The molecular weight excluding hydrogens is 320 g/mol. The van der Waals surface area contributed by atoms with Gasteiger partial charge in [-0.2, -0.15) is 0 Å². The predicted molar refractivity (Wildman–Crippen MR) is 92.1 cm³/mol. The minimum absolute atomic E-state index is 0.116. The molecular formula is C19H20N2O4. The predicted octanol–water partition coefficient (Wildman–Crippen LogP) is 2.29. The van der Waals surface area contributed by atoms with Crippen LogP contribution in [-0.4, -0.2) is 34.8 Å². The maximum absolute atomic E-state index is 12.9. The summed E-state index contributed by atoms with van der Waals surface area (Å²) in [6, 6.07) is 11.8. The molecule has 1 aliphatic heterocycles. The van der Waals surface area contributed by atoms with Crippen molar-refractivity contribution in [1.29, 1.82) is 0 Å². The van der Waals surface area contributed by atoms with Gasteiger partial charge in [0.1, 0.15) is 5.56 Å². The van der Waals surface area contributed by atoms with Crippen LogP contribution in [0.4, 0.5) is 0 Å². The van der Waals surface area contributed by atoms with Gasteiger partial charge in [0.25, 0.3) is 11.5 Å². The van der Waals surface area contributed by atoms with Gasteiger partial charge in [0, 0.05) is 24.8 Å². The van der Waals surface area contributed by atoms with E-state index in [0.717, 1.165) is 19.3 Å². The molecule has 1 amide bonds. The highest BCUT2D eigenvalue weighted by Crippen LogP contribution is 2.23. The molecule has 3 rings (SSSR count). The van der Waals surface area contributed by atoms with Crippen molar-refractivity contribution >= 4 is 11.9 Å². The van der Waals surface area contributed by atoms with E-state index >= 15 is 0 Å². The summed E-state index contributed by atoms with van der Waals surface area (Å²) >= 11 is 0. The van der Waals surface area contributed by atoms with E-state index in [2.05, 4.69) is 4.98 Å². The summed E-state index contributed by atoms with van der Waals surface area (Å²) < 4.78 is 5.47. The Hall–Kier alpha value is -2.89. The first-order chi connectivity index (χ1) is 12.2. The molecule has 130 valence electrons. The van der Waals surface area contributed by atoms with Gasteiger partial charge < -0.3 is 14.6 Å².